The predicted molar refractivity (Wildman–Crippen MR) is 130 cm³/mol. The molecule has 0 unspecified atom stereocenters. The fourth-order valence-electron chi connectivity index (χ4n) is 4.66. The number of hydrogen-bond donors (Lipinski definition) is 0. The normalized spacial score (nSPS) is 14.3. The lowest BCUT2D eigenvalue weighted by Crippen LogP contribution is -2.42. The van der Waals surface area contributed by atoms with Crippen LogP contribution in [0.15, 0.2) is 77.7 Å². The monoisotopic (exact) mass is 454 g/mol. The fourth-order valence-corrected chi connectivity index (χ4v) is 4.66. The van der Waals surface area contributed by atoms with E-state index in [9.17, 15) is 9.59 Å². The Morgan fingerprint density at radius 3 is 2.50 bits per heavy atom. The Morgan fingerprint density at radius 1 is 1.00 bits per heavy atom. The first-order chi connectivity index (χ1) is 16.7. The number of para-hydroxylation sites is 1. The van der Waals surface area contributed by atoms with E-state index in [-0.39, 0.29) is 18.1 Å². The van der Waals surface area contributed by atoms with Crippen LogP contribution in [0.3, 0.4) is 0 Å². The number of carbonyl (C=O) groups excluding carboxylic acids is 1. The van der Waals surface area contributed by atoms with Gasteiger partial charge in [0, 0.05) is 24.8 Å². The number of aromatic nitrogens is 3. The van der Waals surface area contributed by atoms with E-state index < -0.39 is 5.56 Å². The first-order valence-corrected chi connectivity index (χ1v) is 11.5. The van der Waals surface area contributed by atoms with E-state index in [4.69, 9.17) is 4.74 Å². The van der Waals surface area contributed by atoms with Crippen LogP contribution in [0.2, 0.25) is 0 Å². The van der Waals surface area contributed by atoms with Gasteiger partial charge < -0.3 is 9.64 Å². The molecule has 0 radical (unpaired) electrons. The van der Waals surface area contributed by atoms with Gasteiger partial charge in [-0.25, -0.2) is 9.97 Å². The second-order valence-corrected chi connectivity index (χ2v) is 8.49. The van der Waals surface area contributed by atoms with Gasteiger partial charge in [-0.15, -0.1) is 0 Å². The van der Waals surface area contributed by atoms with Gasteiger partial charge in [-0.3, -0.25) is 14.2 Å². The van der Waals surface area contributed by atoms with Crippen molar-refractivity contribution in [2.45, 2.75) is 25.3 Å². The number of benzene rings is 2. The minimum Gasteiger partial charge on any atom is -0.496 e. The zero-order valence-electron chi connectivity index (χ0n) is 19.1. The second-order valence-electron chi connectivity index (χ2n) is 8.49. The smallest absolute Gasteiger partial charge is 0.284 e. The Kier molecular flexibility index (Phi) is 6.08. The molecule has 5 rings (SSSR count). The molecule has 1 amide bonds. The van der Waals surface area contributed by atoms with Crippen molar-refractivity contribution in [3.63, 3.8) is 0 Å². The number of amides is 1. The summed E-state index contributed by atoms with van der Waals surface area (Å²) in [6, 6.07) is 21.4. The number of ether oxygens (including phenoxy) is 1. The van der Waals surface area contributed by atoms with Gasteiger partial charge >= 0.3 is 0 Å². The lowest BCUT2D eigenvalue weighted by molar-refractivity contribution is 0.0705. The summed E-state index contributed by atoms with van der Waals surface area (Å²) in [5, 5.41) is 0. The summed E-state index contributed by atoms with van der Waals surface area (Å²) in [5.41, 5.74) is 2.58. The quantitative estimate of drug-likeness (QED) is 0.458. The number of carbonyl (C=O) groups is 1. The molecule has 1 saturated heterocycles. The molecule has 0 N–H and O–H groups in total. The minimum atomic E-state index is -0.438. The van der Waals surface area contributed by atoms with Crippen LogP contribution in [0.4, 0.5) is 0 Å². The maximum atomic E-state index is 13.5. The van der Waals surface area contributed by atoms with E-state index in [0.29, 0.717) is 35.9 Å². The molecular formula is C27H26N4O3. The molecule has 3 heterocycles. The molecule has 0 bridgehead atoms. The molecular weight excluding hydrogens is 428 g/mol. The largest absolute Gasteiger partial charge is 0.496 e. The maximum absolute atomic E-state index is 13.5. The van der Waals surface area contributed by atoms with Gasteiger partial charge in [-0.1, -0.05) is 48.5 Å². The average molecular weight is 455 g/mol. The molecule has 34 heavy (non-hydrogen) atoms. The third-order valence-corrected chi connectivity index (χ3v) is 6.48. The highest BCUT2D eigenvalue weighted by Gasteiger charge is 2.28. The van der Waals surface area contributed by atoms with E-state index in [1.807, 2.05) is 42.5 Å². The number of methoxy groups -OCH3 is 1. The third-order valence-electron chi connectivity index (χ3n) is 6.48. The fraction of sp³-hybridized carbons (Fsp3) is 0.259. The molecule has 172 valence electrons. The molecule has 2 aromatic heterocycles. The number of nitrogens with zero attached hydrogens (tertiary/aromatic N) is 4. The van der Waals surface area contributed by atoms with E-state index in [2.05, 4.69) is 22.1 Å². The molecule has 7 heteroatoms. The van der Waals surface area contributed by atoms with Crippen molar-refractivity contribution in [3.8, 4) is 5.75 Å². The summed E-state index contributed by atoms with van der Waals surface area (Å²) < 4.78 is 6.98. The van der Waals surface area contributed by atoms with Crippen molar-refractivity contribution in [2.75, 3.05) is 20.2 Å². The van der Waals surface area contributed by atoms with Crippen LogP contribution in [0.25, 0.3) is 11.2 Å². The van der Waals surface area contributed by atoms with Crippen LogP contribution in [0.1, 0.15) is 40.4 Å². The lowest BCUT2D eigenvalue weighted by atomic mass is 9.89. The second kappa shape index (κ2) is 9.47. The summed E-state index contributed by atoms with van der Waals surface area (Å²) in [4.78, 5) is 37.6. The number of fused-ring (bicyclic) bond motifs is 1. The number of likely N-dealkylation sites (tertiary alicyclic amines) is 1. The van der Waals surface area contributed by atoms with Gasteiger partial charge in [0.25, 0.3) is 11.5 Å². The zero-order chi connectivity index (χ0) is 23.5. The Labute approximate surface area is 197 Å². The first-order valence-electron chi connectivity index (χ1n) is 11.5. The summed E-state index contributed by atoms with van der Waals surface area (Å²) in [6.45, 7) is 1.42. The molecule has 0 aliphatic carbocycles. The number of hydrogen-bond acceptors (Lipinski definition) is 5. The van der Waals surface area contributed by atoms with E-state index in [0.717, 1.165) is 18.4 Å². The summed E-state index contributed by atoms with van der Waals surface area (Å²) in [5.74, 6) is 0.767. The molecule has 0 saturated carbocycles. The topological polar surface area (TPSA) is 77.3 Å². The van der Waals surface area contributed by atoms with Crippen molar-refractivity contribution >= 4 is 17.1 Å². The van der Waals surface area contributed by atoms with Gasteiger partial charge in [-0.2, -0.15) is 0 Å². The highest BCUT2D eigenvalue weighted by Crippen LogP contribution is 2.28. The van der Waals surface area contributed by atoms with Crippen molar-refractivity contribution < 1.29 is 9.53 Å². The first kappa shape index (κ1) is 21.8. The van der Waals surface area contributed by atoms with Gasteiger partial charge in [0.2, 0.25) is 0 Å². The molecule has 4 aromatic rings. The van der Waals surface area contributed by atoms with Crippen molar-refractivity contribution in [3.05, 3.63) is 100 Å². The third kappa shape index (κ3) is 4.17. The van der Waals surface area contributed by atoms with Crippen LogP contribution in [-0.4, -0.2) is 45.5 Å². The number of rotatable bonds is 5. The summed E-state index contributed by atoms with van der Waals surface area (Å²) in [6.07, 6.45) is 3.35. The van der Waals surface area contributed by atoms with Crippen molar-refractivity contribution in [1.82, 2.24) is 19.4 Å². The van der Waals surface area contributed by atoms with Crippen LogP contribution in [0, 0.1) is 0 Å². The maximum Gasteiger partial charge on any atom is 0.284 e. The van der Waals surface area contributed by atoms with E-state index in [1.165, 1.54) is 10.1 Å². The Balaban J connectivity index is 1.46. The van der Waals surface area contributed by atoms with Gasteiger partial charge in [0.05, 0.1) is 13.7 Å². The number of piperidine rings is 1. The number of pyridine rings is 1. The van der Waals surface area contributed by atoms with Crippen molar-refractivity contribution in [1.29, 1.82) is 0 Å². The predicted octanol–water partition coefficient (Wildman–Crippen LogP) is 3.87. The van der Waals surface area contributed by atoms with Gasteiger partial charge in [0.1, 0.15) is 11.3 Å². The Morgan fingerprint density at radius 2 is 1.74 bits per heavy atom. The summed E-state index contributed by atoms with van der Waals surface area (Å²) in [7, 11) is 1.60. The molecule has 1 fully saturated rings. The van der Waals surface area contributed by atoms with Gasteiger partial charge in [-0.05, 0) is 42.5 Å². The standard InChI is InChI=1S/C27H26N4O3/c1-34-23-12-6-5-10-21(23)18-31-25-22(11-7-15-28-25)29-24(27(31)33)26(32)30-16-13-20(14-17-30)19-8-3-2-4-9-19/h2-12,15,20H,13-14,16-18H2,1H3. The molecule has 1 aliphatic rings. The van der Waals surface area contributed by atoms with Crippen LogP contribution in [-0.2, 0) is 6.54 Å². The average Bonchev–Trinajstić information content (AvgIpc) is 2.90. The Hall–Kier alpha value is -4.00. The molecule has 7 nitrogen and oxygen atoms in total. The molecule has 1 aliphatic heterocycles. The van der Waals surface area contributed by atoms with Gasteiger partial charge in [0.15, 0.2) is 11.3 Å². The minimum absolute atomic E-state index is 0.0615. The van der Waals surface area contributed by atoms with Crippen LogP contribution >= 0.6 is 0 Å². The SMILES string of the molecule is COc1ccccc1Cn1c(=O)c(C(=O)N2CCC(c3ccccc3)CC2)nc2cccnc21. The van der Waals surface area contributed by atoms with E-state index in [1.54, 1.807) is 30.3 Å². The lowest BCUT2D eigenvalue weighted by Gasteiger charge is -2.32. The molecule has 0 atom stereocenters. The van der Waals surface area contributed by atoms with Crippen LogP contribution < -0.4 is 10.3 Å². The van der Waals surface area contributed by atoms with E-state index >= 15 is 0 Å². The zero-order valence-corrected chi connectivity index (χ0v) is 19.1. The van der Waals surface area contributed by atoms with Crippen molar-refractivity contribution in [2.24, 2.45) is 0 Å². The van der Waals surface area contributed by atoms with Crippen LogP contribution in [0.5, 0.6) is 5.75 Å². The highest BCUT2D eigenvalue weighted by atomic mass is 16.5. The molecule has 0 spiro atoms. The highest BCUT2D eigenvalue weighted by molar-refractivity contribution is 5.93. The molecule has 2 aromatic carbocycles. The summed E-state index contributed by atoms with van der Waals surface area (Å²) >= 11 is 0. The Bertz CT molecular complexity index is 1380.